The van der Waals surface area contributed by atoms with E-state index in [1.165, 1.54) is 54.3 Å². The Morgan fingerprint density at radius 2 is 1.64 bits per heavy atom. The Hall–Kier alpha value is -3.24. The Morgan fingerprint density at radius 3 is 2.26 bits per heavy atom. The van der Waals surface area contributed by atoms with Crippen LogP contribution in [0, 0.1) is 5.41 Å². The third-order valence-electron chi connectivity index (χ3n) is 9.45. The predicted octanol–water partition coefficient (Wildman–Crippen LogP) is 12.3. The van der Waals surface area contributed by atoms with Crippen LogP contribution < -0.4 is 10.8 Å². The van der Waals surface area contributed by atoms with E-state index in [1.54, 1.807) is 4.88 Å². The van der Waals surface area contributed by atoms with Gasteiger partial charge in [-0.1, -0.05) is 130 Å². The lowest BCUT2D eigenvalue weighted by atomic mass is 9.59. The molecule has 1 aliphatic rings. The van der Waals surface area contributed by atoms with Crippen LogP contribution in [-0.4, -0.2) is 12.2 Å². The first-order chi connectivity index (χ1) is 22.1. The number of nitrogens with one attached hydrogen (secondary N) is 1. The Kier molecular flexibility index (Phi) is 13.6. The fourth-order valence-corrected chi connectivity index (χ4v) is 7.52. The fourth-order valence-electron chi connectivity index (χ4n) is 6.14. The van der Waals surface area contributed by atoms with Gasteiger partial charge in [-0.05, 0) is 101 Å². The summed E-state index contributed by atoms with van der Waals surface area (Å²) in [4.78, 5) is 3.74. The molecule has 0 amide bonds. The van der Waals surface area contributed by atoms with Crippen molar-refractivity contribution in [2.24, 2.45) is 5.41 Å². The lowest BCUT2D eigenvalue weighted by Crippen LogP contribution is -2.37. The molecule has 1 aromatic carbocycles. The fraction of sp³-hybridized carbons (Fsp3) is 0.442. The normalized spacial score (nSPS) is 17.4. The highest BCUT2D eigenvalue weighted by molar-refractivity contribution is 7.11. The highest BCUT2D eigenvalue weighted by Gasteiger charge is 2.39. The van der Waals surface area contributed by atoms with E-state index in [0.29, 0.717) is 5.92 Å². The zero-order valence-corrected chi connectivity index (χ0v) is 31.9. The van der Waals surface area contributed by atoms with Crippen molar-refractivity contribution < 1.29 is 0 Å². The van der Waals surface area contributed by atoms with Gasteiger partial charge < -0.3 is 10.2 Å². The summed E-state index contributed by atoms with van der Waals surface area (Å²) in [7, 11) is 2.31. The van der Waals surface area contributed by atoms with Gasteiger partial charge in [-0.3, -0.25) is 0 Å². The molecule has 0 aliphatic heterocycles. The van der Waals surface area contributed by atoms with Crippen LogP contribution in [0.15, 0.2) is 115 Å². The van der Waals surface area contributed by atoms with Crippen molar-refractivity contribution in [1.29, 1.82) is 0 Å². The average Bonchev–Trinajstić information content (AvgIpc) is 3.47. The standard InChI is InChI=1S/C43H60BN2S/c1-13-16-19-32(4)34-20-22-37(23-21-34)45-36(18-15-3)25-29-46(28-24-35(17-14-2)41(6,7)8)33(5)30-44-38-31-47-40-39(38)42(9,10)26-27-43(40,11)12/h14-15,17-18,20-25,28-32,45H,2-3,13,16,19,26-27H2,1,4-12H3/b28-24+,29-25+,33-30-,35-17+,36-18+. The molecular formula is C43H60BN2S. The number of fused-ring (bicyclic) bond motifs is 1. The van der Waals surface area contributed by atoms with Crippen LogP contribution in [0.5, 0.6) is 0 Å². The van der Waals surface area contributed by atoms with E-state index in [2.05, 4.69) is 166 Å². The van der Waals surface area contributed by atoms with Crippen molar-refractivity contribution in [3.8, 4) is 0 Å². The molecule has 2 nitrogen and oxygen atoms in total. The lowest BCUT2D eigenvalue weighted by molar-refractivity contribution is 0.340. The van der Waals surface area contributed by atoms with Gasteiger partial charge in [-0.2, -0.15) is 0 Å². The number of hydrogen-bond acceptors (Lipinski definition) is 3. The molecule has 0 fully saturated rings. The third kappa shape index (κ3) is 10.6. The van der Waals surface area contributed by atoms with E-state index in [4.69, 9.17) is 0 Å². The summed E-state index contributed by atoms with van der Waals surface area (Å²) in [6.45, 7) is 31.0. The molecule has 0 spiro atoms. The van der Waals surface area contributed by atoms with E-state index in [9.17, 15) is 0 Å². The number of anilines is 1. The molecule has 1 radical (unpaired) electrons. The predicted molar refractivity (Wildman–Crippen MR) is 213 cm³/mol. The molecule has 47 heavy (non-hydrogen) atoms. The van der Waals surface area contributed by atoms with Crippen molar-refractivity contribution in [2.45, 2.75) is 118 Å². The van der Waals surface area contributed by atoms with Crippen molar-refractivity contribution in [3.05, 3.63) is 131 Å². The number of unbranched alkanes of at least 4 members (excludes halogenated alkanes) is 1. The highest BCUT2D eigenvalue weighted by Crippen LogP contribution is 2.47. The van der Waals surface area contributed by atoms with Crippen molar-refractivity contribution >= 4 is 29.8 Å². The molecule has 0 bridgehead atoms. The minimum Gasteiger partial charge on any atom is -0.355 e. The Morgan fingerprint density at radius 1 is 1.00 bits per heavy atom. The molecule has 1 aromatic heterocycles. The first-order valence-corrected chi connectivity index (χ1v) is 18.3. The van der Waals surface area contributed by atoms with Gasteiger partial charge in [0.1, 0.15) is 0 Å². The Labute approximate surface area is 293 Å². The minimum atomic E-state index is -0.00635. The molecule has 2 aromatic rings. The quantitative estimate of drug-likeness (QED) is 0.153. The number of nitrogens with zero attached hydrogens (tertiary/aromatic N) is 1. The molecular weight excluding hydrogens is 587 g/mol. The molecule has 1 aliphatic carbocycles. The first kappa shape index (κ1) is 38.2. The minimum absolute atomic E-state index is 0.00635. The monoisotopic (exact) mass is 647 g/mol. The summed E-state index contributed by atoms with van der Waals surface area (Å²) in [6, 6.07) is 8.86. The van der Waals surface area contributed by atoms with Crippen molar-refractivity contribution in [3.63, 3.8) is 0 Å². The largest absolute Gasteiger partial charge is 0.355 e. The maximum atomic E-state index is 3.98. The highest BCUT2D eigenvalue weighted by atomic mass is 32.1. The summed E-state index contributed by atoms with van der Waals surface area (Å²) in [5.74, 6) is 2.83. The van der Waals surface area contributed by atoms with Crippen LogP contribution in [0.25, 0.3) is 0 Å². The number of rotatable bonds is 15. The van der Waals surface area contributed by atoms with E-state index >= 15 is 0 Å². The molecule has 1 atom stereocenters. The van der Waals surface area contributed by atoms with Gasteiger partial charge in [0.15, 0.2) is 7.28 Å². The smallest absolute Gasteiger partial charge is 0.185 e. The second kappa shape index (κ2) is 16.7. The van der Waals surface area contributed by atoms with Crippen LogP contribution in [0.3, 0.4) is 0 Å². The van der Waals surface area contributed by atoms with Crippen LogP contribution in [0.4, 0.5) is 5.69 Å². The molecule has 251 valence electrons. The molecule has 1 N–H and O–H groups in total. The number of thiophene rings is 1. The second-order valence-corrected chi connectivity index (χ2v) is 16.3. The molecule has 0 saturated heterocycles. The molecule has 1 heterocycles. The number of benzene rings is 1. The van der Waals surface area contributed by atoms with Gasteiger partial charge in [0.2, 0.25) is 0 Å². The summed E-state index contributed by atoms with van der Waals surface area (Å²) in [6.07, 6.45) is 22.6. The maximum Gasteiger partial charge on any atom is 0.185 e. The van der Waals surface area contributed by atoms with Crippen LogP contribution >= 0.6 is 11.3 Å². The Bertz CT molecular complexity index is 1500. The van der Waals surface area contributed by atoms with Crippen LogP contribution in [0.2, 0.25) is 0 Å². The molecule has 3 rings (SSSR count). The van der Waals surface area contributed by atoms with Gasteiger partial charge in [-0.25, -0.2) is 0 Å². The second-order valence-electron chi connectivity index (χ2n) is 15.4. The van der Waals surface area contributed by atoms with E-state index in [0.717, 1.165) is 17.1 Å². The van der Waals surface area contributed by atoms with Crippen molar-refractivity contribution in [1.82, 2.24) is 4.90 Å². The van der Waals surface area contributed by atoms with Gasteiger partial charge in [-0.15, -0.1) is 11.3 Å². The number of allylic oxidation sites excluding steroid dienone is 8. The van der Waals surface area contributed by atoms with Crippen LogP contribution in [-0.2, 0) is 10.8 Å². The van der Waals surface area contributed by atoms with Crippen molar-refractivity contribution in [2.75, 3.05) is 5.32 Å². The summed E-state index contributed by atoms with van der Waals surface area (Å²) in [5, 5.41) is 5.96. The SMILES string of the molecule is C=C/C=C(\C=C\N(/C=C/C(=C\C=C)C(C)(C)C)/C(C)=C\[B]c1csc2c1C(C)(C)CCC2(C)C)Nc1ccc(C(C)CCCC)cc1. The summed E-state index contributed by atoms with van der Waals surface area (Å²) in [5.41, 5.74) is 9.03. The van der Waals surface area contributed by atoms with Gasteiger partial charge in [0.25, 0.3) is 0 Å². The Balaban J connectivity index is 1.92. The van der Waals surface area contributed by atoms with E-state index in [1.807, 2.05) is 29.6 Å². The zero-order valence-electron chi connectivity index (χ0n) is 31.0. The molecule has 0 saturated carbocycles. The lowest BCUT2D eigenvalue weighted by Gasteiger charge is -2.40. The maximum absolute atomic E-state index is 3.98. The van der Waals surface area contributed by atoms with E-state index < -0.39 is 0 Å². The van der Waals surface area contributed by atoms with Gasteiger partial charge in [0, 0.05) is 34.4 Å². The van der Waals surface area contributed by atoms with Gasteiger partial charge in [0.05, 0.1) is 0 Å². The average molecular weight is 648 g/mol. The third-order valence-corrected chi connectivity index (χ3v) is 10.8. The first-order valence-electron chi connectivity index (χ1n) is 17.4. The topological polar surface area (TPSA) is 15.3 Å². The summed E-state index contributed by atoms with van der Waals surface area (Å²) < 4.78 is 0. The van der Waals surface area contributed by atoms with Crippen LogP contribution in [0.1, 0.15) is 123 Å². The molecule has 4 heteroatoms. The zero-order chi connectivity index (χ0) is 34.8. The number of hydrogen-bond donors (Lipinski definition) is 1. The van der Waals surface area contributed by atoms with Gasteiger partial charge >= 0.3 is 0 Å². The summed E-state index contributed by atoms with van der Waals surface area (Å²) >= 11 is 1.93. The molecule has 1 unspecified atom stereocenters. The van der Waals surface area contributed by atoms with E-state index in [-0.39, 0.29) is 16.2 Å².